The van der Waals surface area contributed by atoms with E-state index in [-0.39, 0.29) is 31.0 Å². The first-order valence-corrected chi connectivity index (χ1v) is 9.79. The minimum Gasteiger partial charge on any atom is -0.497 e. The lowest BCUT2D eigenvalue weighted by Crippen LogP contribution is -2.50. The van der Waals surface area contributed by atoms with Crippen LogP contribution in [0, 0.1) is 0 Å². The van der Waals surface area contributed by atoms with Gasteiger partial charge in [0.25, 0.3) is 5.91 Å². The number of methoxy groups -OCH3 is 1. The first kappa shape index (κ1) is 22.6. The zero-order valence-corrected chi connectivity index (χ0v) is 17.9. The molecule has 0 aliphatic carbocycles. The summed E-state index contributed by atoms with van der Waals surface area (Å²) in [6.45, 7) is 5.55. The number of amides is 2. The van der Waals surface area contributed by atoms with Crippen molar-refractivity contribution in [2.75, 3.05) is 13.7 Å². The maximum atomic E-state index is 12.9. The first-order chi connectivity index (χ1) is 13.8. The van der Waals surface area contributed by atoms with Crippen molar-refractivity contribution in [2.24, 2.45) is 0 Å². The average Bonchev–Trinajstić information content (AvgIpc) is 2.71. The molecule has 7 heteroatoms. The van der Waals surface area contributed by atoms with Crippen molar-refractivity contribution in [3.8, 4) is 11.5 Å². The fraction of sp³-hybridized carbons (Fsp3) is 0.364. The number of carbonyl (C=O) groups is 2. The van der Waals surface area contributed by atoms with Crippen LogP contribution in [0.1, 0.15) is 26.3 Å². The Bertz CT molecular complexity index is 807. The van der Waals surface area contributed by atoms with Crippen LogP contribution in [0.4, 0.5) is 0 Å². The molecule has 2 aromatic rings. The normalized spacial score (nSPS) is 11.7. The van der Waals surface area contributed by atoms with Crippen molar-refractivity contribution >= 4 is 23.4 Å². The lowest BCUT2D eigenvalue weighted by Gasteiger charge is -2.29. The molecule has 156 valence electrons. The molecule has 6 nitrogen and oxygen atoms in total. The predicted octanol–water partition coefficient (Wildman–Crippen LogP) is 3.67. The minimum atomic E-state index is -0.653. The molecule has 1 N–H and O–H groups in total. The molecule has 0 radical (unpaired) electrons. The second kappa shape index (κ2) is 10.7. The van der Waals surface area contributed by atoms with Gasteiger partial charge >= 0.3 is 0 Å². The van der Waals surface area contributed by atoms with Gasteiger partial charge in [-0.15, -0.1) is 0 Å². The summed E-state index contributed by atoms with van der Waals surface area (Å²) in [5.74, 6) is 0.742. The van der Waals surface area contributed by atoms with Crippen molar-refractivity contribution < 1.29 is 19.1 Å². The molecule has 0 aliphatic rings. The number of ether oxygens (including phenoxy) is 2. The number of nitrogens with zero attached hydrogens (tertiary/aromatic N) is 1. The van der Waals surface area contributed by atoms with Crippen LogP contribution in [0.15, 0.2) is 48.5 Å². The Morgan fingerprint density at radius 2 is 1.59 bits per heavy atom. The average molecular weight is 419 g/mol. The molecule has 0 heterocycles. The van der Waals surface area contributed by atoms with Crippen molar-refractivity contribution in [2.45, 2.75) is 39.4 Å². The number of benzene rings is 2. The molecule has 2 amide bonds. The Kier molecular flexibility index (Phi) is 8.34. The van der Waals surface area contributed by atoms with E-state index >= 15 is 0 Å². The van der Waals surface area contributed by atoms with Crippen molar-refractivity contribution in [1.29, 1.82) is 0 Å². The second-order valence-electron chi connectivity index (χ2n) is 6.95. The van der Waals surface area contributed by atoms with E-state index in [4.69, 9.17) is 21.1 Å². The Morgan fingerprint density at radius 1 is 1.00 bits per heavy atom. The van der Waals surface area contributed by atoms with Crippen LogP contribution in [0.2, 0.25) is 5.02 Å². The number of carbonyl (C=O) groups excluding carboxylic acids is 2. The van der Waals surface area contributed by atoms with Crippen LogP contribution < -0.4 is 14.8 Å². The van der Waals surface area contributed by atoms with Crippen molar-refractivity contribution in [1.82, 2.24) is 10.2 Å². The Labute approximate surface area is 176 Å². The van der Waals surface area contributed by atoms with Gasteiger partial charge in [-0.1, -0.05) is 23.7 Å². The Balaban J connectivity index is 2.11. The summed E-state index contributed by atoms with van der Waals surface area (Å²) in [6.07, 6.45) is 0. The largest absolute Gasteiger partial charge is 0.497 e. The standard InChI is InChI=1S/C22H27ClN2O4/c1-15(2)24-22(27)16(3)25(13-17-5-7-18(23)8-6-17)21(26)14-29-20-11-9-19(28-4)10-12-20/h5-12,15-16H,13-14H2,1-4H3,(H,24,27). The van der Waals surface area contributed by atoms with E-state index in [0.29, 0.717) is 16.5 Å². The van der Waals surface area contributed by atoms with E-state index in [0.717, 1.165) is 5.56 Å². The Morgan fingerprint density at radius 3 is 2.14 bits per heavy atom. The summed E-state index contributed by atoms with van der Waals surface area (Å²) in [5.41, 5.74) is 0.872. The molecule has 2 aromatic carbocycles. The zero-order valence-electron chi connectivity index (χ0n) is 17.1. The van der Waals surface area contributed by atoms with Gasteiger partial charge in [0.2, 0.25) is 5.91 Å². The predicted molar refractivity (Wildman–Crippen MR) is 113 cm³/mol. The molecule has 0 saturated heterocycles. The van der Waals surface area contributed by atoms with Crippen LogP contribution in [0.5, 0.6) is 11.5 Å². The van der Waals surface area contributed by atoms with E-state index in [1.54, 1.807) is 50.4 Å². The highest BCUT2D eigenvalue weighted by Gasteiger charge is 2.26. The minimum absolute atomic E-state index is 0.0204. The summed E-state index contributed by atoms with van der Waals surface area (Å²) in [5, 5.41) is 3.46. The third-order valence-corrected chi connectivity index (χ3v) is 4.54. The van der Waals surface area contributed by atoms with Crippen LogP contribution in [0.3, 0.4) is 0 Å². The molecular formula is C22H27ClN2O4. The molecule has 0 bridgehead atoms. The third kappa shape index (κ3) is 6.98. The van der Waals surface area contributed by atoms with Gasteiger partial charge in [-0.05, 0) is 62.7 Å². The van der Waals surface area contributed by atoms with E-state index in [2.05, 4.69) is 5.32 Å². The number of hydrogen-bond donors (Lipinski definition) is 1. The quantitative estimate of drug-likeness (QED) is 0.674. The number of halogens is 1. The fourth-order valence-electron chi connectivity index (χ4n) is 2.67. The summed E-state index contributed by atoms with van der Waals surface area (Å²) < 4.78 is 10.7. The highest BCUT2D eigenvalue weighted by molar-refractivity contribution is 6.30. The van der Waals surface area contributed by atoms with Gasteiger partial charge < -0.3 is 19.7 Å². The monoisotopic (exact) mass is 418 g/mol. The topological polar surface area (TPSA) is 67.9 Å². The number of rotatable bonds is 9. The van der Waals surface area contributed by atoms with E-state index in [9.17, 15) is 9.59 Å². The van der Waals surface area contributed by atoms with Crippen molar-refractivity contribution in [3.63, 3.8) is 0 Å². The van der Waals surface area contributed by atoms with Crippen molar-refractivity contribution in [3.05, 3.63) is 59.1 Å². The van der Waals surface area contributed by atoms with Gasteiger partial charge in [0.15, 0.2) is 6.61 Å². The van der Waals surface area contributed by atoms with Gasteiger partial charge in [0, 0.05) is 17.6 Å². The molecule has 1 unspecified atom stereocenters. The van der Waals surface area contributed by atoms with Crippen LogP contribution in [0.25, 0.3) is 0 Å². The molecule has 0 aromatic heterocycles. The molecule has 2 rings (SSSR count). The molecule has 0 fully saturated rings. The number of hydrogen-bond acceptors (Lipinski definition) is 4. The third-order valence-electron chi connectivity index (χ3n) is 4.29. The molecule has 0 spiro atoms. The Hall–Kier alpha value is -2.73. The summed E-state index contributed by atoms with van der Waals surface area (Å²) in [6, 6.07) is 13.5. The van der Waals surface area contributed by atoms with Crippen LogP contribution >= 0.6 is 11.6 Å². The van der Waals surface area contributed by atoms with Gasteiger partial charge in [0.05, 0.1) is 7.11 Å². The summed E-state index contributed by atoms with van der Waals surface area (Å²) in [4.78, 5) is 26.9. The lowest BCUT2D eigenvalue weighted by molar-refractivity contribution is -0.142. The number of nitrogens with one attached hydrogen (secondary N) is 1. The molecule has 1 atom stereocenters. The van der Waals surface area contributed by atoms with Gasteiger partial charge in [0.1, 0.15) is 17.5 Å². The lowest BCUT2D eigenvalue weighted by atomic mass is 10.1. The summed E-state index contributed by atoms with van der Waals surface area (Å²) >= 11 is 5.95. The maximum absolute atomic E-state index is 12.9. The highest BCUT2D eigenvalue weighted by atomic mass is 35.5. The van der Waals surface area contributed by atoms with Gasteiger partial charge in [-0.2, -0.15) is 0 Å². The molecular weight excluding hydrogens is 392 g/mol. The fourth-order valence-corrected chi connectivity index (χ4v) is 2.80. The van der Waals surface area contributed by atoms with E-state index in [1.807, 2.05) is 26.0 Å². The molecule has 29 heavy (non-hydrogen) atoms. The van der Waals surface area contributed by atoms with E-state index in [1.165, 1.54) is 4.90 Å². The first-order valence-electron chi connectivity index (χ1n) is 9.41. The highest BCUT2D eigenvalue weighted by Crippen LogP contribution is 2.18. The summed E-state index contributed by atoms with van der Waals surface area (Å²) in [7, 11) is 1.58. The van der Waals surface area contributed by atoms with Gasteiger partial charge in [-0.25, -0.2) is 0 Å². The smallest absolute Gasteiger partial charge is 0.261 e. The zero-order chi connectivity index (χ0) is 21.4. The molecule has 0 saturated carbocycles. The SMILES string of the molecule is COc1ccc(OCC(=O)N(Cc2ccc(Cl)cc2)C(C)C(=O)NC(C)C)cc1. The maximum Gasteiger partial charge on any atom is 0.261 e. The van der Waals surface area contributed by atoms with Gasteiger partial charge in [-0.3, -0.25) is 9.59 Å². The van der Waals surface area contributed by atoms with E-state index < -0.39 is 6.04 Å². The molecule has 0 aliphatic heterocycles. The second-order valence-corrected chi connectivity index (χ2v) is 7.39. The van der Waals surface area contributed by atoms with Crippen LogP contribution in [-0.2, 0) is 16.1 Å². The van der Waals surface area contributed by atoms with Crippen LogP contribution in [-0.4, -0.2) is 42.5 Å².